The number of hydrogen-bond donors (Lipinski definition) is 1. The number of nitrogens with zero attached hydrogens (tertiary/aromatic N) is 4. The molecule has 7 nitrogen and oxygen atoms in total. The van der Waals surface area contributed by atoms with Crippen molar-refractivity contribution in [3.63, 3.8) is 0 Å². The van der Waals surface area contributed by atoms with Crippen LogP contribution in [0.3, 0.4) is 0 Å². The molecule has 4 aromatic rings. The van der Waals surface area contributed by atoms with E-state index >= 15 is 0 Å². The fourth-order valence-electron chi connectivity index (χ4n) is 4.09. The van der Waals surface area contributed by atoms with Gasteiger partial charge in [0.2, 0.25) is 0 Å². The number of amides is 1. The highest BCUT2D eigenvalue weighted by molar-refractivity contribution is 5.77. The molecule has 0 saturated carbocycles. The first-order valence-electron chi connectivity index (χ1n) is 12.3. The van der Waals surface area contributed by atoms with Crippen LogP contribution in [0.2, 0.25) is 0 Å². The van der Waals surface area contributed by atoms with E-state index in [1.807, 2.05) is 58.9 Å². The molecule has 190 valence electrons. The molecule has 4 rings (SSSR count). The van der Waals surface area contributed by atoms with E-state index < -0.39 is 0 Å². The third-order valence-corrected chi connectivity index (χ3v) is 6.35. The van der Waals surface area contributed by atoms with E-state index in [0.29, 0.717) is 35.3 Å². The number of rotatable bonds is 7. The molecule has 0 aliphatic rings. The lowest BCUT2D eigenvalue weighted by molar-refractivity contribution is -0.131. The minimum Gasteiger partial charge on any atom is -0.507 e. The number of benzene rings is 3. The van der Waals surface area contributed by atoms with Gasteiger partial charge in [-0.05, 0) is 57.9 Å². The van der Waals surface area contributed by atoms with Crippen LogP contribution in [-0.2, 0) is 4.79 Å². The summed E-state index contributed by atoms with van der Waals surface area (Å²) in [6, 6.07) is 17.1. The number of hydrogen-bond acceptors (Lipinski definition) is 6. The molecule has 1 amide bonds. The molecule has 0 unspecified atom stereocenters. The number of carbonyl (C=O) groups is 1. The maximum atomic E-state index is 12.1. The van der Waals surface area contributed by atoms with Crippen molar-refractivity contribution in [3.05, 3.63) is 76.9 Å². The molecule has 0 radical (unpaired) electrons. The fourth-order valence-corrected chi connectivity index (χ4v) is 4.09. The molecule has 0 spiro atoms. The second kappa shape index (κ2) is 10.8. The van der Waals surface area contributed by atoms with Crippen LogP contribution in [0.1, 0.15) is 29.2 Å². The number of phenolic OH excluding ortho intramolecular Hbond substituents is 1. The second-order valence-electron chi connectivity index (χ2n) is 9.32. The average molecular weight is 497 g/mol. The molecule has 0 aliphatic heterocycles. The predicted molar refractivity (Wildman–Crippen MR) is 146 cm³/mol. The Bertz CT molecular complexity index is 1400. The van der Waals surface area contributed by atoms with Gasteiger partial charge < -0.3 is 14.7 Å². The van der Waals surface area contributed by atoms with Crippen molar-refractivity contribution in [2.45, 2.75) is 34.6 Å². The van der Waals surface area contributed by atoms with Crippen molar-refractivity contribution in [1.82, 2.24) is 19.9 Å². The first kappa shape index (κ1) is 25.8. The largest absolute Gasteiger partial charge is 0.507 e. The smallest absolute Gasteiger partial charge is 0.260 e. The van der Waals surface area contributed by atoms with Crippen LogP contribution >= 0.6 is 0 Å². The van der Waals surface area contributed by atoms with Crippen molar-refractivity contribution in [1.29, 1.82) is 0 Å². The number of aromatic nitrogens is 3. The van der Waals surface area contributed by atoms with Gasteiger partial charge in [0.15, 0.2) is 24.1 Å². The molecular weight excluding hydrogens is 464 g/mol. The van der Waals surface area contributed by atoms with Crippen LogP contribution in [0, 0.1) is 27.7 Å². The van der Waals surface area contributed by atoms with Crippen LogP contribution in [0.25, 0.3) is 34.2 Å². The van der Waals surface area contributed by atoms with E-state index in [9.17, 15) is 9.90 Å². The molecule has 3 aromatic carbocycles. The summed E-state index contributed by atoms with van der Waals surface area (Å²) in [5.41, 5.74) is 6.67. The van der Waals surface area contributed by atoms with E-state index in [-0.39, 0.29) is 18.3 Å². The molecule has 0 atom stereocenters. The Morgan fingerprint density at radius 1 is 0.784 bits per heavy atom. The van der Waals surface area contributed by atoms with Gasteiger partial charge in [-0.1, -0.05) is 47.5 Å². The summed E-state index contributed by atoms with van der Waals surface area (Å²) < 4.78 is 5.60. The summed E-state index contributed by atoms with van der Waals surface area (Å²) in [6.45, 7) is 10.5. The topological polar surface area (TPSA) is 88.4 Å². The Labute approximate surface area is 217 Å². The Morgan fingerprint density at radius 2 is 1.27 bits per heavy atom. The number of aryl methyl sites for hydroxylation is 4. The lowest BCUT2D eigenvalue weighted by Gasteiger charge is -2.15. The second-order valence-corrected chi connectivity index (χ2v) is 9.32. The maximum Gasteiger partial charge on any atom is 0.260 e. The quantitative estimate of drug-likeness (QED) is 0.355. The molecule has 0 aliphatic carbocycles. The number of ether oxygens (including phenoxy) is 1. The monoisotopic (exact) mass is 496 g/mol. The number of carbonyl (C=O) groups excluding carboxylic acids is 1. The molecule has 0 fully saturated rings. The van der Waals surface area contributed by atoms with E-state index in [2.05, 4.69) is 12.1 Å². The van der Waals surface area contributed by atoms with Crippen molar-refractivity contribution in [2.75, 3.05) is 20.2 Å². The van der Waals surface area contributed by atoms with Crippen molar-refractivity contribution >= 4 is 5.91 Å². The lowest BCUT2D eigenvalue weighted by Crippen LogP contribution is -2.31. The number of likely N-dealkylation sites (N-methyl/N-ethyl adjacent to an activating group) is 1. The Balaban J connectivity index is 1.78. The van der Waals surface area contributed by atoms with Gasteiger partial charge in [0.1, 0.15) is 11.5 Å². The zero-order valence-electron chi connectivity index (χ0n) is 22.2. The minimum atomic E-state index is -0.139. The van der Waals surface area contributed by atoms with Gasteiger partial charge >= 0.3 is 0 Å². The van der Waals surface area contributed by atoms with Crippen molar-refractivity contribution in [3.8, 4) is 45.7 Å². The van der Waals surface area contributed by atoms with E-state index in [0.717, 1.165) is 33.4 Å². The Kier molecular flexibility index (Phi) is 7.53. The third-order valence-electron chi connectivity index (χ3n) is 6.35. The van der Waals surface area contributed by atoms with E-state index in [4.69, 9.17) is 19.7 Å². The molecule has 1 aromatic heterocycles. The van der Waals surface area contributed by atoms with Crippen LogP contribution in [0.5, 0.6) is 11.5 Å². The number of phenols is 1. The predicted octanol–water partition coefficient (Wildman–Crippen LogP) is 5.67. The van der Waals surface area contributed by atoms with Crippen LogP contribution < -0.4 is 4.74 Å². The van der Waals surface area contributed by atoms with Gasteiger partial charge in [-0.25, -0.2) is 15.0 Å². The Hall–Kier alpha value is -4.26. The summed E-state index contributed by atoms with van der Waals surface area (Å²) >= 11 is 0. The summed E-state index contributed by atoms with van der Waals surface area (Å²) in [7, 11) is 1.72. The molecule has 1 heterocycles. The highest BCUT2D eigenvalue weighted by Gasteiger charge is 2.18. The normalized spacial score (nSPS) is 10.9. The third kappa shape index (κ3) is 5.77. The standard InChI is InChI=1S/C30H32N4O3/c1-7-34(6)27(36)17-37-22-10-13-25(26(35)16-22)30-32-28(23-11-8-18(2)14-20(23)4)31-29(33-30)24-12-9-19(3)15-21(24)5/h8-16,35H,7,17H2,1-6H3. The maximum absolute atomic E-state index is 12.1. The van der Waals surface area contributed by atoms with Gasteiger partial charge in [0.05, 0.1) is 5.56 Å². The summed E-state index contributed by atoms with van der Waals surface area (Å²) in [5, 5.41) is 10.9. The summed E-state index contributed by atoms with van der Waals surface area (Å²) in [5.74, 6) is 1.62. The molecule has 0 saturated heterocycles. The first-order valence-corrected chi connectivity index (χ1v) is 12.3. The van der Waals surface area contributed by atoms with Crippen molar-refractivity contribution < 1.29 is 14.6 Å². The molecular formula is C30H32N4O3. The van der Waals surface area contributed by atoms with Gasteiger partial charge in [0, 0.05) is 30.8 Å². The van der Waals surface area contributed by atoms with E-state index in [1.54, 1.807) is 24.1 Å². The van der Waals surface area contributed by atoms with Crippen LogP contribution in [0.4, 0.5) is 0 Å². The first-order chi connectivity index (χ1) is 17.7. The zero-order chi connectivity index (χ0) is 26.7. The fraction of sp³-hybridized carbons (Fsp3) is 0.267. The molecule has 1 N–H and O–H groups in total. The van der Waals surface area contributed by atoms with Crippen LogP contribution in [0.15, 0.2) is 54.6 Å². The molecule has 7 heteroatoms. The zero-order valence-corrected chi connectivity index (χ0v) is 22.2. The van der Waals surface area contributed by atoms with Gasteiger partial charge in [-0.15, -0.1) is 0 Å². The average Bonchev–Trinajstić information content (AvgIpc) is 2.86. The number of aromatic hydroxyl groups is 1. The van der Waals surface area contributed by atoms with Gasteiger partial charge in [-0.3, -0.25) is 4.79 Å². The highest BCUT2D eigenvalue weighted by Crippen LogP contribution is 2.34. The minimum absolute atomic E-state index is 0.0434. The van der Waals surface area contributed by atoms with E-state index in [1.165, 1.54) is 6.07 Å². The van der Waals surface area contributed by atoms with Crippen LogP contribution in [-0.4, -0.2) is 51.1 Å². The Morgan fingerprint density at radius 3 is 1.73 bits per heavy atom. The van der Waals surface area contributed by atoms with Crippen molar-refractivity contribution in [2.24, 2.45) is 0 Å². The summed E-state index contributed by atoms with van der Waals surface area (Å²) in [6.07, 6.45) is 0. The van der Waals surface area contributed by atoms with Gasteiger partial charge in [-0.2, -0.15) is 0 Å². The SMILES string of the molecule is CCN(C)C(=O)COc1ccc(-c2nc(-c3ccc(C)cc3C)nc(-c3ccc(C)cc3C)n2)c(O)c1. The highest BCUT2D eigenvalue weighted by atomic mass is 16.5. The lowest BCUT2D eigenvalue weighted by atomic mass is 10.0. The molecule has 37 heavy (non-hydrogen) atoms. The van der Waals surface area contributed by atoms with Gasteiger partial charge in [0.25, 0.3) is 5.91 Å². The molecule has 0 bridgehead atoms. The summed E-state index contributed by atoms with van der Waals surface area (Å²) in [4.78, 5) is 28.0.